The molecule has 4 aromatic rings. The van der Waals surface area contributed by atoms with Crippen molar-refractivity contribution >= 4 is 50.0 Å². The fourth-order valence-electron chi connectivity index (χ4n) is 6.93. The first-order chi connectivity index (χ1) is 22.9. The van der Waals surface area contributed by atoms with Crippen molar-refractivity contribution < 1.29 is 9.18 Å². The zero-order valence-corrected chi connectivity index (χ0v) is 28.9. The molecular weight excluding hydrogens is 707 g/mol. The zero-order chi connectivity index (χ0) is 33.1. The third-order valence-corrected chi connectivity index (χ3v) is 10.3. The third-order valence-electron chi connectivity index (χ3n) is 9.41. The molecule has 1 aliphatic carbocycles. The van der Waals surface area contributed by atoms with Crippen molar-refractivity contribution in [2.75, 3.05) is 6.54 Å². The summed E-state index contributed by atoms with van der Waals surface area (Å²) in [7, 11) is 1.75. The number of allylic oxidation sites excluding steroid dienone is 6. The van der Waals surface area contributed by atoms with Crippen LogP contribution in [0.25, 0.3) is 28.1 Å². The number of carbonyl (C=O) groups is 1. The predicted molar refractivity (Wildman–Crippen MR) is 194 cm³/mol. The van der Waals surface area contributed by atoms with Gasteiger partial charge in [-0.2, -0.15) is 32.6 Å². The Kier molecular flexibility index (Phi) is 10.1. The number of benzene rings is 1. The highest BCUT2D eigenvalue weighted by Crippen LogP contribution is 2.36. The van der Waals surface area contributed by atoms with Crippen molar-refractivity contribution in [3.05, 3.63) is 102 Å². The van der Waals surface area contributed by atoms with Gasteiger partial charge in [0.1, 0.15) is 5.82 Å². The number of halogens is 2. The van der Waals surface area contributed by atoms with Crippen molar-refractivity contribution in [2.45, 2.75) is 63.7 Å². The number of carbonyl (C=O) groups excluding carboxylic acids is 1. The first-order valence-electron chi connectivity index (χ1n) is 16.2. The summed E-state index contributed by atoms with van der Waals surface area (Å²) in [5.41, 5.74) is 2.58. The van der Waals surface area contributed by atoms with Crippen molar-refractivity contribution in [1.29, 1.82) is 0 Å². The molecule has 2 unspecified atom stereocenters. The molecule has 0 N–H and O–H groups in total. The lowest BCUT2D eigenvalue weighted by molar-refractivity contribution is -0.137. The van der Waals surface area contributed by atoms with Gasteiger partial charge in [-0.25, -0.2) is 13.9 Å². The molecule has 9 nitrogen and oxygen atoms in total. The van der Waals surface area contributed by atoms with Crippen molar-refractivity contribution in [3.63, 3.8) is 0 Å². The normalized spacial score (nSPS) is 19.3. The number of aryl methyl sites for hydroxylation is 1. The second-order valence-corrected chi connectivity index (χ2v) is 13.0. The minimum absolute atomic E-state index is 0.0639. The van der Waals surface area contributed by atoms with Crippen LogP contribution >= 0.6 is 22.4 Å². The minimum Gasteiger partial charge on any atom is -0.338 e. The molecule has 0 spiro atoms. The molecule has 2 aliphatic rings. The Labute approximate surface area is 288 Å². The number of imidazole rings is 1. The van der Waals surface area contributed by atoms with E-state index in [1.54, 1.807) is 65.2 Å². The quantitative estimate of drug-likeness (QED) is 0.114. The topological polar surface area (TPSA) is 82.9 Å². The van der Waals surface area contributed by atoms with E-state index in [9.17, 15) is 9.59 Å². The smallest absolute Gasteiger partial charge is 0.338 e. The fraction of sp³-hybridized carbons (Fsp3) is 0.371. The van der Waals surface area contributed by atoms with E-state index in [2.05, 4.69) is 45.8 Å². The van der Waals surface area contributed by atoms with E-state index in [1.807, 2.05) is 11.0 Å². The van der Waals surface area contributed by atoms with Crippen LogP contribution in [0.4, 0.5) is 4.39 Å². The van der Waals surface area contributed by atoms with Crippen LogP contribution in [0.3, 0.4) is 0 Å². The molecule has 3 aromatic heterocycles. The lowest BCUT2D eigenvalue weighted by Crippen LogP contribution is -2.41. The first kappa shape index (κ1) is 33.0. The molecule has 1 fully saturated rings. The largest absolute Gasteiger partial charge is 0.338 e. The van der Waals surface area contributed by atoms with Gasteiger partial charge in [0.2, 0.25) is 11.0 Å². The van der Waals surface area contributed by atoms with E-state index in [1.165, 1.54) is 28.2 Å². The fourth-order valence-corrected chi connectivity index (χ4v) is 7.79. The Hall–Kier alpha value is -3.94. The molecule has 1 aromatic carbocycles. The summed E-state index contributed by atoms with van der Waals surface area (Å²) < 4.78 is 21.9. The van der Waals surface area contributed by atoms with E-state index < -0.39 is 11.5 Å². The highest BCUT2D eigenvalue weighted by molar-refractivity contribution is 14.1. The van der Waals surface area contributed by atoms with Gasteiger partial charge in [0.05, 0.1) is 40.7 Å². The van der Waals surface area contributed by atoms with Gasteiger partial charge in [0, 0.05) is 43.9 Å². The average molecular weight is 746 g/mol. The Balaban J connectivity index is 1.45. The molecule has 12 heteroatoms. The molecule has 2 atom stereocenters. The number of hydrogen-bond donors (Lipinski definition) is 0. The summed E-state index contributed by atoms with van der Waals surface area (Å²) in [4.78, 5) is 30.4. The van der Waals surface area contributed by atoms with Crippen LogP contribution in [-0.2, 0) is 24.8 Å². The van der Waals surface area contributed by atoms with Gasteiger partial charge < -0.3 is 4.90 Å². The summed E-state index contributed by atoms with van der Waals surface area (Å²) in [5, 5.41) is 11.7. The zero-order valence-electron chi connectivity index (χ0n) is 26.7. The molecule has 1 saturated carbocycles. The second kappa shape index (κ2) is 14.4. The Morgan fingerprint density at radius 2 is 1.85 bits per heavy atom. The monoisotopic (exact) mass is 746 g/mol. The number of aromatic nitrogens is 6. The number of rotatable bonds is 8. The summed E-state index contributed by atoms with van der Waals surface area (Å²) in [6.45, 7) is 8.57. The molecule has 0 saturated heterocycles. The molecule has 1 aliphatic heterocycles. The van der Waals surface area contributed by atoms with Gasteiger partial charge >= 0.3 is 5.69 Å². The summed E-state index contributed by atoms with van der Waals surface area (Å²) in [5.74, 6) is 0.322. The van der Waals surface area contributed by atoms with Crippen molar-refractivity contribution in [2.24, 2.45) is 13.0 Å². The van der Waals surface area contributed by atoms with Crippen LogP contribution < -0.4 is 5.69 Å². The van der Waals surface area contributed by atoms with E-state index >= 15 is 4.39 Å². The highest BCUT2D eigenvalue weighted by Gasteiger charge is 2.35. The van der Waals surface area contributed by atoms with E-state index in [-0.39, 0.29) is 23.3 Å². The maximum absolute atomic E-state index is 15.8. The van der Waals surface area contributed by atoms with E-state index in [0.717, 1.165) is 43.4 Å². The van der Waals surface area contributed by atoms with Crippen molar-refractivity contribution in [1.82, 2.24) is 33.6 Å². The van der Waals surface area contributed by atoms with Crippen LogP contribution in [0.1, 0.15) is 56.2 Å². The van der Waals surface area contributed by atoms with Crippen LogP contribution in [0.5, 0.6) is 0 Å². The molecule has 6 rings (SSSR count). The van der Waals surface area contributed by atoms with Gasteiger partial charge in [0.25, 0.3) is 0 Å². The lowest BCUT2D eigenvalue weighted by atomic mass is 9.71. The molecule has 1 radical (unpaired) electrons. The number of hydrogen-bond acceptors (Lipinski definition) is 4. The van der Waals surface area contributed by atoms with Gasteiger partial charge in [-0.1, -0.05) is 69.9 Å². The van der Waals surface area contributed by atoms with Crippen LogP contribution in [0.15, 0.2) is 79.1 Å². The minimum atomic E-state index is -0.527. The van der Waals surface area contributed by atoms with Gasteiger partial charge in [-0.3, -0.25) is 18.6 Å². The highest BCUT2D eigenvalue weighted by atomic mass is 127. The molecule has 47 heavy (non-hydrogen) atoms. The molecule has 0 bridgehead atoms. The first-order valence-corrected chi connectivity index (χ1v) is 17.5. The van der Waals surface area contributed by atoms with Gasteiger partial charge in [-0.15, -0.1) is 0 Å². The number of fused-ring (bicyclic) bond motifs is 2. The maximum atomic E-state index is 15.8. The molecular formula is C35H39BFIN7O2. The lowest BCUT2D eigenvalue weighted by Gasteiger charge is -2.33. The summed E-state index contributed by atoms with van der Waals surface area (Å²) in [6, 6.07) is 3.34. The second-order valence-electron chi connectivity index (χ2n) is 12.3. The number of nitrogens with zero attached hydrogens (tertiary/aromatic N) is 7. The third kappa shape index (κ3) is 6.36. The summed E-state index contributed by atoms with van der Waals surface area (Å²) in [6.07, 6.45) is 21.7. The Morgan fingerprint density at radius 3 is 2.62 bits per heavy atom. The average Bonchev–Trinajstić information content (AvgIpc) is 3.78. The standard InChI is InChI=1S/C35H39BFIN7O2/c1-4-6-13-24(12-5-2)45-33(44-21-20-43(35(44)47)31-17-16-30-26(32(31)37)22-39-41(30)3)27-23-42(19-18-29(27)40-45)34(46)25-14-10-8-7-9-11-15-28(25)36-38/h4-6,12-13,16-17,20-22,25,28H,1-2,7-11,14-15,18-19,23H2,3H3/b13-6-,24-12+. The van der Waals surface area contributed by atoms with Gasteiger partial charge in [-0.05, 0) is 36.5 Å². The molecule has 243 valence electrons. The molecule has 1 amide bonds. The molecule has 4 heterocycles. The summed E-state index contributed by atoms with van der Waals surface area (Å²) >= 11 is 2.32. The van der Waals surface area contributed by atoms with E-state index in [4.69, 9.17) is 5.10 Å². The maximum Gasteiger partial charge on any atom is 0.338 e. The van der Waals surface area contributed by atoms with Gasteiger partial charge in [0.15, 0.2) is 5.82 Å². The Morgan fingerprint density at radius 1 is 1.09 bits per heavy atom. The van der Waals surface area contributed by atoms with Crippen LogP contribution in [0, 0.1) is 11.7 Å². The number of amides is 1. The van der Waals surface area contributed by atoms with Crippen LogP contribution in [0.2, 0.25) is 5.82 Å². The predicted octanol–water partition coefficient (Wildman–Crippen LogP) is 6.71. The Bertz CT molecular complexity index is 1930. The van der Waals surface area contributed by atoms with E-state index in [0.29, 0.717) is 41.9 Å². The van der Waals surface area contributed by atoms with Crippen molar-refractivity contribution in [3.8, 4) is 11.5 Å². The van der Waals surface area contributed by atoms with Crippen LogP contribution in [-0.4, -0.2) is 51.2 Å². The SMILES string of the molecule is C=C/C=C\C(=C/C=C)n1nc2c(c1-n1ccn(-c3ccc4c(cnn4C)c3F)c1=O)CN(C(=O)C1CCCCCCCC1[B]I)CC2.